The number of carbonyl (C=O) groups is 1. The Morgan fingerprint density at radius 2 is 1.88 bits per heavy atom. The number of fused-ring (bicyclic) bond motifs is 1. The number of ether oxygens (including phenoxy) is 4. The predicted molar refractivity (Wildman–Crippen MR) is 120 cm³/mol. The Labute approximate surface area is 195 Å². The Morgan fingerprint density at radius 3 is 2.68 bits per heavy atom. The molecule has 1 aliphatic rings. The molecule has 2 aromatic heterocycles. The molecule has 1 aliphatic heterocycles. The first-order valence-corrected chi connectivity index (χ1v) is 10.5. The average molecular weight is 462 g/mol. The van der Waals surface area contributed by atoms with Crippen LogP contribution in [0, 0.1) is 0 Å². The largest absolute Gasteiger partial charge is 0.497 e. The van der Waals surface area contributed by atoms with Crippen LogP contribution in [0.25, 0.3) is 11.3 Å². The van der Waals surface area contributed by atoms with Gasteiger partial charge < -0.3 is 32.8 Å². The summed E-state index contributed by atoms with van der Waals surface area (Å²) in [4.78, 5) is 15.0. The lowest BCUT2D eigenvalue weighted by Crippen LogP contribution is -2.30. The number of hydrogen-bond donors (Lipinski definition) is 0. The number of carbonyl (C=O) groups excluding carboxylic acids is 1. The van der Waals surface area contributed by atoms with Crippen molar-refractivity contribution >= 4 is 5.91 Å². The zero-order valence-electron chi connectivity index (χ0n) is 18.6. The fourth-order valence-electron chi connectivity index (χ4n) is 3.71. The van der Waals surface area contributed by atoms with Gasteiger partial charge in [-0.15, -0.1) is 0 Å². The molecule has 0 N–H and O–H groups in total. The van der Waals surface area contributed by atoms with E-state index >= 15 is 0 Å². The number of aromatic nitrogens is 1. The first kappa shape index (κ1) is 21.4. The summed E-state index contributed by atoms with van der Waals surface area (Å²) in [5.74, 6) is 3.37. The van der Waals surface area contributed by atoms with E-state index in [-0.39, 0.29) is 25.8 Å². The van der Waals surface area contributed by atoms with Gasteiger partial charge in [-0.05, 0) is 42.5 Å². The van der Waals surface area contributed by atoms with Gasteiger partial charge in [0.15, 0.2) is 17.3 Å². The lowest BCUT2D eigenvalue weighted by molar-refractivity contribution is 0.0713. The Balaban J connectivity index is 1.41. The molecule has 34 heavy (non-hydrogen) atoms. The maximum absolute atomic E-state index is 13.4. The standard InChI is InChI=1S/C25H22N2O7/c1-29-18-6-7-20(22(12-18)30-2)23-11-17(26-34-23)13-27(14-19-4-3-9-31-19)25(28)16-5-8-21-24(10-16)33-15-32-21/h3-12H,13-15H2,1-2H3. The average Bonchev–Trinajstić information content (AvgIpc) is 3.64. The molecular formula is C25H22N2O7. The first-order chi connectivity index (χ1) is 16.6. The van der Waals surface area contributed by atoms with Gasteiger partial charge in [0.1, 0.15) is 23.0 Å². The van der Waals surface area contributed by atoms with E-state index in [4.69, 9.17) is 27.9 Å². The molecule has 9 nitrogen and oxygen atoms in total. The third-order valence-corrected chi connectivity index (χ3v) is 5.42. The van der Waals surface area contributed by atoms with Crippen LogP contribution in [0.3, 0.4) is 0 Å². The van der Waals surface area contributed by atoms with Gasteiger partial charge in [-0.25, -0.2) is 0 Å². The maximum atomic E-state index is 13.4. The van der Waals surface area contributed by atoms with Crippen molar-refractivity contribution in [2.45, 2.75) is 13.1 Å². The van der Waals surface area contributed by atoms with Crippen molar-refractivity contribution in [3.8, 4) is 34.3 Å². The highest BCUT2D eigenvalue weighted by Crippen LogP contribution is 2.35. The molecule has 0 saturated carbocycles. The number of amides is 1. The molecule has 3 heterocycles. The van der Waals surface area contributed by atoms with E-state index in [1.165, 1.54) is 0 Å². The van der Waals surface area contributed by atoms with Crippen LogP contribution in [0.1, 0.15) is 21.8 Å². The monoisotopic (exact) mass is 462 g/mol. The quantitative estimate of drug-likeness (QED) is 0.377. The topological polar surface area (TPSA) is 96.4 Å². The summed E-state index contributed by atoms with van der Waals surface area (Å²) in [5.41, 5.74) is 1.77. The molecule has 2 aromatic carbocycles. The van der Waals surface area contributed by atoms with Crippen molar-refractivity contribution in [1.82, 2.24) is 10.1 Å². The van der Waals surface area contributed by atoms with Crippen LogP contribution in [0.5, 0.6) is 23.0 Å². The van der Waals surface area contributed by atoms with E-state index in [1.54, 1.807) is 61.8 Å². The summed E-state index contributed by atoms with van der Waals surface area (Å²) < 4.78 is 32.6. The second-order valence-electron chi connectivity index (χ2n) is 7.56. The van der Waals surface area contributed by atoms with Crippen LogP contribution in [0.2, 0.25) is 0 Å². The molecule has 5 rings (SSSR count). The van der Waals surface area contributed by atoms with Gasteiger partial charge in [0.25, 0.3) is 5.91 Å². The molecule has 9 heteroatoms. The fraction of sp³-hybridized carbons (Fsp3) is 0.200. The van der Waals surface area contributed by atoms with Gasteiger partial charge in [-0.3, -0.25) is 4.79 Å². The molecule has 0 saturated heterocycles. The van der Waals surface area contributed by atoms with Crippen LogP contribution < -0.4 is 18.9 Å². The van der Waals surface area contributed by atoms with E-state index in [0.717, 1.165) is 5.56 Å². The highest BCUT2D eigenvalue weighted by Gasteiger charge is 2.23. The summed E-state index contributed by atoms with van der Waals surface area (Å²) in [6.07, 6.45) is 1.57. The number of hydrogen-bond acceptors (Lipinski definition) is 8. The van der Waals surface area contributed by atoms with Crippen molar-refractivity contribution in [2.75, 3.05) is 21.0 Å². The molecule has 0 atom stereocenters. The Morgan fingerprint density at radius 1 is 1.00 bits per heavy atom. The molecule has 0 spiro atoms. The molecule has 0 unspecified atom stereocenters. The molecule has 0 bridgehead atoms. The predicted octanol–water partition coefficient (Wildman–Crippen LogP) is 4.52. The van der Waals surface area contributed by atoms with Gasteiger partial charge in [-0.1, -0.05) is 5.16 Å². The normalized spacial score (nSPS) is 11.9. The summed E-state index contributed by atoms with van der Waals surface area (Å²) >= 11 is 0. The molecule has 1 amide bonds. The summed E-state index contributed by atoms with van der Waals surface area (Å²) in [7, 11) is 3.16. The Hall–Kier alpha value is -4.40. The Kier molecular flexibility index (Phi) is 5.82. The third-order valence-electron chi connectivity index (χ3n) is 5.42. The van der Waals surface area contributed by atoms with Crippen LogP contribution in [-0.4, -0.2) is 37.0 Å². The minimum Gasteiger partial charge on any atom is -0.497 e. The first-order valence-electron chi connectivity index (χ1n) is 10.5. The molecule has 0 fully saturated rings. The lowest BCUT2D eigenvalue weighted by atomic mass is 10.1. The van der Waals surface area contributed by atoms with Crippen molar-refractivity contribution < 1.29 is 32.7 Å². The number of furan rings is 1. The van der Waals surface area contributed by atoms with Gasteiger partial charge in [0.2, 0.25) is 6.79 Å². The van der Waals surface area contributed by atoms with E-state index in [0.29, 0.717) is 45.8 Å². The van der Waals surface area contributed by atoms with Crippen LogP contribution in [0.15, 0.2) is 69.8 Å². The summed E-state index contributed by atoms with van der Waals surface area (Å²) in [5, 5.41) is 4.18. The molecule has 0 aliphatic carbocycles. The fourth-order valence-corrected chi connectivity index (χ4v) is 3.71. The van der Waals surface area contributed by atoms with Crippen molar-refractivity contribution in [1.29, 1.82) is 0 Å². The SMILES string of the molecule is COc1ccc(-c2cc(CN(Cc3ccco3)C(=O)c3ccc4c(c3)OCO4)no2)c(OC)c1. The van der Waals surface area contributed by atoms with Crippen molar-refractivity contribution in [3.63, 3.8) is 0 Å². The molecule has 0 radical (unpaired) electrons. The number of benzene rings is 2. The van der Waals surface area contributed by atoms with Crippen LogP contribution in [-0.2, 0) is 13.1 Å². The summed E-state index contributed by atoms with van der Waals surface area (Å²) in [6, 6.07) is 15.9. The van der Waals surface area contributed by atoms with E-state index < -0.39 is 0 Å². The van der Waals surface area contributed by atoms with Crippen LogP contribution in [0.4, 0.5) is 0 Å². The zero-order chi connectivity index (χ0) is 23.5. The Bertz CT molecular complexity index is 1300. The highest BCUT2D eigenvalue weighted by molar-refractivity contribution is 5.95. The second-order valence-corrected chi connectivity index (χ2v) is 7.56. The minimum atomic E-state index is -0.207. The van der Waals surface area contributed by atoms with Crippen molar-refractivity contribution in [2.24, 2.45) is 0 Å². The van der Waals surface area contributed by atoms with E-state index in [9.17, 15) is 4.79 Å². The number of methoxy groups -OCH3 is 2. The molecular weight excluding hydrogens is 440 g/mol. The van der Waals surface area contributed by atoms with Crippen molar-refractivity contribution in [3.05, 3.63) is 77.9 Å². The van der Waals surface area contributed by atoms with E-state index in [1.807, 2.05) is 18.2 Å². The number of rotatable bonds is 8. The maximum Gasteiger partial charge on any atom is 0.254 e. The third kappa shape index (κ3) is 4.27. The van der Waals surface area contributed by atoms with Gasteiger partial charge in [0.05, 0.1) is 39.1 Å². The van der Waals surface area contributed by atoms with Crippen LogP contribution >= 0.6 is 0 Å². The van der Waals surface area contributed by atoms with Gasteiger partial charge in [-0.2, -0.15) is 0 Å². The minimum absolute atomic E-state index is 0.139. The number of nitrogens with zero attached hydrogens (tertiary/aromatic N) is 2. The van der Waals surface area contributed by atoms with Gasteiger partial charge in [0, 0.05) is 17.7 Å². The molecule has 4 aromatic rings. The smallest absolute Gasteiger partial charge is 0.254 e. The zero-order valence-corrected chi connectivity index (χ0v) is 18.6. The van der Waals surface area contributed by atoms with E-state index in [2.05, 4.69) is 5.16 Å². The second kappa shape index (κ2) is 9.22. The lowest BCUT2D eigenvalue weighted by Gasteiger charge is -2.20. The molecule has 174 valence electrons. The summed E-state index contributed by atoms with van der Waals surface area (Å²) in [6.45, 7) is 0.601. The highest BCUT2D eigenvalue weighted by atomic mass is 16.7. The van der Waals surface area contributed by atoms with Gasteiger partial charge >= 0.3 is 0 Å².